The summed E-state index contributed by atoms with van der Waals surface area (Å²) < 4.78 is 33.1. The van der Waals surface area contributed by atoms with Gasteiger partial charge in [-0.25, -0.2) is 9.18 Å². The number of aliphatic hydroxyl groups is 1. The molecule has 2 N–H and O–H groups in total. The third-order valence-electron chi connectivity index (χ3n) is 10.2. The van der Waals surface area contributed by atoms with Crippen molar-refractivity contribution in [2.75, 3.05) is 43.0 Å². The van der Waals surface area contributed by atoms with Crippen LogP contribution in [0.3, 0.4) is 0 Å². The molecule has 3 fully saturated rings. The lowest BCUT2D eigenvalue weighted by molar-refractivity contribution is -0.0731. The summed E-state index contributed by atoms with van der Waals surface area (Å²) in [5.41, 5.74) is 2.37. The molecule has 1 amide bonds. The lowest BCUT2D eigenvalue weighted by atomic mass is 9.86. The van der Waals surface area contributed by atoms with Gasteiger partial charge in [0.25, 0.3) is 0 Å². The van der Waals surface area contributed by atoms with Gasteiger partial charge in [-0.15, -0.1) is 0 Å². The average molecular weight is 624 g/mol. The molecule has 1 aromatic heterocycles. The minimum atomic E-state index is -0.835. The average Bonchev–Trinajstić information content (AvgIpc) is 3.60. The first-order valence-corrected chi connectivity index (χ1v) is 16.5. The highest BCUT2D eigenvalue weighted by Gasteiger charge is 2.50. The Labute approximate surface area is 264 Å². The number of aromatic nitrogens is 2. The van der Waals surface area contributed by atoms with E-state index in [1.807, 2.05) is 39.8 Å². The third-order valence-corrected chi connectivity index (χ3v) is 10.2. The topological polar surface area (TPSA) is 109 Å². The number of fused-ring (bicyclic) bond motifs is 4. The molecule has 244 valence electrons. The first-order chi connectivity index (χ1) is 21.3. The fourth-order valence-electron chi connectivity index (χ4n) is 8.22. The van der Waals surface area contributed by atoms with Crippen LogP contribution in [-0.4, -0.2) is 81.8 Å². The summed E-state index contributed by atoms with van der Waals surface area (Å²) in [4.78, 5) is 26.8. The molecule has 1 spiro atoms. The standard InChI is InChI=1S/C34H46FN5O5/c1-31(2,3)45-30(41)36-24-8-7-22-9-12-34(26(22)15-24)17-27-25(19-44-34)28(39-13-5-10-32(4,42)20-39)38-29(37-27)43-21-33-11-6-14-40(33)18-23(35)16-33/h7-8,15,23,42H,5-6,9-14,16-21H2,1-4H3,(H,36,41)/t23-,32-,33+,34?/m1/s1. The summed E-state index contributed by atoms with van der Waals surface area (Å²) in [5, 5.41) is 13.8. The number of hydrogen-bond donors (Lipinski definition) is 2. The number of nitrogens with zero attached hydrogens (tertiary/aromatic N) is 4. The highest BCUT2D eigenvalue weighted by molar-refractivity contribution is 5.85. The van der Waals surface area contributed by atoms with Crippen LogP contribution in [0, 0.1) is 0 Å². The van der Waals surface area contributed by atoms with Crippen molar-refractivity contribution in [3.63, 3.8) is 0 Å². The van der Waals surface area contributed by atoms with Gasteiger partial charge in [0.15, 0.2) is 0 Å². The number of nitrogens with one attached hydrogen (secondary N) is 1. The van der Waals surface area contributed by atoms with Crippen molar-refractivity contribution in [1.29, 1.82) is 0 Å². The predicted octanol–water partition coefficient (Wildman–Crippen LogP) is 5.04. The number of amides is 1. The Hall–Kier alpha value is -3.02. The van der Waals surface area contributed by atoms with Gasteiger partial charge >= 0.3 is 12.1 Å². The van der Waals surface area contributed by atoms with Gasteiger partial charge in [0.2, 0.25) is 0 Å². The fourth-order valence-corrected chi connectivity index (χ4v) is 8.22. The van der Waals surface area contributed by atoms with Crippen LogP contribution in [0.25, 0.3) is 0 Å². The van der Waals surface area contributed by atoms with Crippen molar-refractivity contribution >= 4 is 17.6 Å². The van der Waals surface area contributed by atoms with E-state index in [-0.39, 0.29) is 5.54 Å². The zero-order valence-electron chi connectivity index (χ0n) is 27.0. The van der Waals surface area contributed by atoms with E-state index in [2.05, 4.69) is 21.2 Å². The molecule has 3 saturated heterocycles. The normalized spacial score (nSPS) is 31.1. The van der Waals surface area contributed by atoms with Gasteiger partial charge in [0.05, 0.1) is 29.0 Å². The lowest BCUT2D eigenvalue weighted by Gasteiger charge is -2.41. The van der Waals surface area contributed by atoms with Crippen LogP contribution in [-0.2, 0) is 34.5 Å². The number of anilines is 2. The zero-order chi connectivity index (χ0) is 31.6. The molecule has 5 heterocycles. The first-order valence-electron chi connectivity index (χ1n) is 16.5. The van der Waals surface area contributed by atoms with Crippen LogP contribution in [0.4, 0.5) is 20.7 Å². The maximum Gasteiger partial charge on any atom is 0.412 e. The Morgan fingerprint density at radius 1 is 1.20 bits per heavy atom. The van der Waals surface area contributed by atoms with Gasteiger partial charge in [-0.2, -0.15) is 9.97 Å². The number of piperidine rings is 1. The van der Waals surface area contributed by atoms with Gasteiger partial charge in [-0.05, 0) is 96.0 Å². The number of ether oxygens (including phenoxy) is 3. The molecule has 4 aliphatic heterocycles. The number of alkyl halides is 1. The molecule has 2 aromatic rings. The van der Waals surface area contributed by atoms with Gasteiger partial charge in [-0.1, -0.05) is 6.07 Å². The molecule has 0 saturated carbocycles. The van der Waals surface area contributed by atoms with E-state index in [4.69, 9.17) is 24.2 Å². The van der Waals surface area contributed by atoms with Crippen molar-refractivity contribution in [2.45, 2.75) is 114 Å². The molecular formula is C34H46FN5O5. The SMILES string of the molecule is CC(C)(C)OC(=O)Nc1ccc2c(c1)C1(CC2)Cc2nc(OC[C@@]34CCCN3C[C@H](F)C4)nc(N3CCC[C@@](C)(O)C3)c2CO1. The van der Waals surface area contributed by atoms with Crippen molar-refractivity contribution in [3.05, 3.63) is 40.6 Å². The molecule has 1 unspecified atom stereocenters. The van der Waals surface area contributed by atoms with Crippen LogP contribution >= 0.6 is 0 Å². The summed E-state index contributed by atoms with van der Waals surface area (Å²) in [6, 6.07) is 6.26. The highest BCUT2D eigenvalue weighted by Crippen LogP contribution is 2.48. The van der Waals surface area contributed by atoms with E-state index in [9.17, 15) is 14.3 Å². The summed E-state index contributed by atoms with van der Waals surface area (Å²) in [6.45, 7) is 10.7. The molecule has 4 atom stereocenters. The Bertz CT molecular complexity index is 1480. The largest absolute Gasteiger partial charge is 0.461 e. The van der Waals surface area contributed by atoms with Crippen molar-refractivity contribution in [1.82, 2.24) is 14.9 Å². The summed E-state index contributed by atoms with van der Waals surface area (Å²) in [5.74, 6) is 0.749. The second-order valence-electron chi connectivity index (χ2n) is 15.1. The first kappa shape index (κ1) is 30.6. The van der Waals surface area contributed by atoms with Crippen LogP contribution in [0.1, 0.15) is 88.6 Å². The summed E-state index contributed by atoms with van der Waals surface area (Å²) >= 11 is 0. The number of rotatable bonds is 5. The number of benzene rings is 1. The predicted molar refractivity (Wildman–Crippen MR) is 167 cm³/mol. The minimum Gasteiger partial charge on any atom is -0.461 e. The summed E-state index contributed by atoms with van der Waals surface area (Å²) in [7, 11) is 0. The number of carbonyl (C=O) groups is 1. The molecule has 0 bridgehead atoms. The molecule has 11 heteroatoms. The lowest BCUT2D eigenvalue weighted by Crippen LogP contribution is -2.47. The van der Waals surface area contributed by atoms with Gasteiger partial charge in [0, 0.05) is 43.7 Å². The molecule has 5 aliphatic rings. The van der Waals surface area contributed by atoms with Crippen molar-refractivity contribution in [3.8, 4) is 6.01 Å². The third kappa shape index (κ3) is 5.99. The molecule has 7 rings (SSSR count). The quantitative estimate of drug-likeness (QED) is 0.473. The molecule has 10 nitrogen and oxygen atoms in total. The molecule has 1 aliphatic carbocycles. The monoisotopic (exact) mass is 623 g/mol. The van der Waals surface area contributed by atoms with E-state index < -0.39 is 29.1 Å². The minimum absolute atomic E-state index is 0.299. The molecular weight excluding hydrogens is 577 g/mol. The highest BCUT2D eigenvalue weighted by atomic mass is 19.1. The second-order valence-corrected chi connectivity index (χ2v) is 15.1. The molecule has 45 heavy (non-hydrogen) atoms. The van der Waals surface area contributed by atoms with Crippen LogP contribution in [0.15, 0.2) is 18.2 Å². The fraction of sp³-hybridized carbons (Fsp3) is 0.676. The van der Waals surface area contributed by atoms with E-state index in [1.54, 1.807) is 0 Å². The Morgan fingerprint density at radius 2 is 2.02 bits per heavy atom. The maximum atomic E-state index is 14.5. The molecule has 0 radical (unpaired) electrons. The van der Waals surface area contributed by atoms with Gasteiger partial charge in [0.1, 0.15) is 24.2 Å². The van der Waals surface area contributed by atoms with E-state index in [1.165, 1.54) is 5.56 Å². The van der Waals surface area contributed by atoms with Crippen molar-refractivity contribution in [2.24, 2.45) is 0 Å². The maximum absolute atomic E-state index is 14.5. The Morgan fingerprint density at radius 3 is 2.82 bits per heavy atom. The van der Waals surface area contributed by atoms with Crippen LogP contribution in [0.5, 0.6) is 6.01 Å². The number of carbonyl (C=O) groups excluding carboxylic acids is 1. The number of aryl methyl sites for hydroxylation is 1. The number of halogens is 1. The van der Waals surface area contributed by atoms with E-state index in [0.29, 0.717) is 50.8 Å². The van der Waals surface area contributed by atoms with Gasteiger partial charge in [-0.3, -0.25) is 10.2 Å². The summed E-state index contributed by atoms with van der Waals surface area (Å²) in [6.07, 6.45) is 4.87. The van der Waals surface area contributed by atoms with E-state index >= 15 is 0 Å². The van der Waals surface area contributed by atoms with Gasteiger partial charge < -0.3 is 24.2 Å². The van der Waals surface area contributed by atoms with Crippen LogP contribution in [0.2, 0.25) is 0 Å². The van der Waals surface area contributed by atoms with Crippen LogP contribution < -0.4 is 15.0 Å². The van der Waals surface area contributed by atoms with E-state index in [0.717, 1.165) is 74.3 Å². The smallest absolute Gasteiger partial charge is 0.412 e. The number of β-amino-alcohol motifs (C(OH)–C–C–N with tert-alkyl or cyclic N) is 1. The molecule has 1 aromatic carbocycles. The number of hydrogen-bond acceptors (Lipinski definition) is 9. The zero-order valence-corrected chi connectivity index (χ0v) is 27.0. The Balaban J connectivity index is 1.19. The second kappa shape index (κ2) is 11.1. The Kier molecular flexibility index (Phi) is 7.52. The van der Waals surface area contributed by atoms with Crippen molar-refractivity contribution < 1.29 is 28.5 Å².